The highest BCUT2D eigenvalue weighted by molar-refractivity contribution is 7.90. The molecule has 1 heterocycles. The molecule has 1 atom stereocenters. The SMILES string of the molecule is Nc1c(C[S+]([O-])c2nc3ccccc3[nH]2)ccc2c1CCCC2. The second-order valence-corrected chi connectivity index (χ2v) is 7.40. The molecule has 2 aromatic carbocycles. The largest absolute Gasteiger partial charge is 0.609 e. The highest BCUT2D eigenvalue weighted by atomic mass is 32.2. The van der Waals surface area contributed by atoms with Crippen LogP contribution < -0.4 is 5.73 Å². The number of nitrogen functional groups attached to an aromatic ring is 1. The van der Waals surface area contributed by atoms with Gasteiger partial charge in [-0.1, -0.05) is 24.3 Å². The van der Waals surface area contributed by atoms with E-state index in [0.29, 0.717) is 10.9 Å². The molecule has 4 nitrogen and oxygen atoms in total. The average Bonchev–Trinajstić information content (AvgIpc) is 3.02. The van der Waals surface area contributed by atoms with E-state index in [1.165, 1.54) is 24.0 Å². The zero-order chi connectivity index (χ0) is 15.8. The van der Waals surface area contributed by atoms with Gasteiger partial charge in [0.25, 0.3) is 0 Å². The molecular formula is C18H19N3OS. The number of nitrogens with zero attached hydrogens (tertiary/aromatic N) is 1. The van der Waals surface area contributed by atoms with E-state index in [0.717, 1.165) is 35.1 Å². The highest BCUT2D eigenvalue weighted by Gasteiger charge is 2.21. The first kappa shape index (κ1) is 14.6. The van der Waals surface area contributed by atoms with Crippen molar-refractivity contribution < 1.29 is 4.55 Å². The first-order valence-electron chi connectivity index (χ1n) is 7.94. The minimum Gasteiger partial charge on any atom is -0.609 e. The van der Waals surface area contributed by atoms with E-state index in [9.17, 15) is 4.55 Å². The summed E-state index contributed by atoms with van der Waals surface area (Å²) in [4.78, 5) is 7.57. The van der Waals surface area contributed by atoms with Gasteiger partial charge in [-0.05, 0) is 48.9 Å². The van der Waals surface area contributed by atoms with Gasteiger partial charge in [-0.15, -0.1) is 0 Å². The molecule has 0 spiro atoms. The monoisotopic (exact) mass is 325 g/mol. The van der Waals surface area contributed by atoms with Crippen molar-refractivity contribution in [3.05, 3.63) is 53.1 Å². The number of nitrogens with one attached hydrogen (secondary N) is 1. The maximum Gasteiger partial charge on any atom is 0.321 e. The van der Waals surface area contributed by atoms with Gasteiger partial charge in [0.2, 0.25) is 0 Å². The minimum atomic E-state index is -1.22. The Balaban J connectivity index is 1.62. The van der Waals surface area contributed by atoms with Crippen LogP contribution in [-0.4, -0.2) is 14.5 Å². The van der Waals surface area contributed by atoms with Crippen LogP contribution in [0.25, 0.3) is 11.0 Å². The van der Waals surface area contributed by atoms with Gasteiger partial charge in [0, 0.05) is 22.4 Å². The summed E-state index contributed by atoms with van der Waals surface area (Å²) >= 11 is -1.22. The normalized spacial score (nSPS) is 15.5. The number of hydrogen-bond donors (Lipinski definition) is 2. The van der Waals surface area contributed by atoms with Crippen LogP contribution in [0.1, 0.15) is 29.5 Å². The lowest BCUT2D eigenvalue weighted by Crippen LogP contribution is -2.12. The smallest absolute Gasteiger partial charge is 0.321 e. The number of rotatable bonds is 3. The fourth-order valence-corrected chi connectivity index (χ4v) is 4.37. The summed E-state index contributed by atoms with van der Waals surface area (Å²) in [6, 6.07) is 11.9. The summed E-state index contributed by atoms with van der Waals surface area (Å²) in [6.45, 7) is 0. The lowest BCUT2D eigenvalue weighted by atomic mass is 9.89. The maximum atomic E-state index is 12.7. The van der Waals surface area contributed by atoms with Gasteiger partial charge in [0.15, 0.2) is 0 Å². The molecule has 0 bridgehead atoms. The van der Waals surface area contributed by atoms with Crippen molar-refractivity contribution in [2.45, 2.75) is 36.6 Å². The van der Waals surface area contributed by atoms with Crippen molar-refractivity contribution in [3.8, 4) is 0 Å². The molecule has 5 heteroatoms. The number of nitrogens with two attached hydrogens (primary N) is 1. The van der Waals surface area contributed by atoms with Gasteiger partial charge >= 0.3 is 5.16 Å². The van der Waals surface area contributed by atoms with Crippen LogP contribution in [0.2, 0.25) is 0 Å². The molecule has 1 aromatic heterocycles. The number of aromatic amines is 1. The van der Waals surface area contributed by atoms with Crippen molar-refractivity contribution in [1.29, 1.82) is 0 Å². The Bertz CT molecular complexity index is 826. The van der Waals surface area contributed by atoms with Crippen molar-refractivity contribution in [2.75, 3.05) is 5.73 Å². The van der Waals surface area contributed by atoms with Crippen molar-refractivity contribution in [3.63, 3.8) is 0 Å². The van der Waals surface area contributed by atoms with E-state index in [-0.39, 0.29) is 0 Å². The summed E-state index contributed by atoms with van der Waals surface area (Å²) in [5.41, 5.74) is 12.5. The predicted molar refractivity (Wildman–Crippen MR) is 93.7 cm³/mol. The van der Waals surface area contributed by atoms with Gasteiger partial charge in [-0.2, -0.15) is 4.98 Å². The fourth-order valence-electron chi connectivity index (χ4n) is 3.28. The Hall–Kier alpha value is -1.98. The minimum absolute atomic E-state index is 0.402. The van der Waals surface area contributed by atoms with Crippen molar-refractivity contribution in [1.82, 2.24) is 9.97 Å². The third kappa shape index (κ3) is 2.71. The summed E-state index contributed by atoms with van der Waals surface area (Å²) in [7, 11) is 0. The lowest BCUT2D eigenvalue weighted by Gasteiger charge is -2.20. The molecule has 1 unspecified atom stereocenters. The molecular weight excluding hydrogens is 306 g/mol. The summed E-state index contributed by atoms with van der Waals surface area (Å²) in [5, 5.41) is 0.517. The summed E-state index contributed by atoms with van der Waals surface area (Å²) in [6.07, 6.45) is 4.56. The van der Waals surface area contributed by atoms with E-state index in [1.54, 1.807) is 0 Å². The van der Waals surface area contributed by atoms with Gasteiger partial charge in [-0.25, -0.2) is 0 Å². The second-order valence-electron chi connectivity index (χ2n) is 6.03. The van der Waals surface area contributed by atoms with Crippen LogP contribution in [0.3, 0.4) is 0 Å². The zero-order valence-corrected chi connectivity index (χ0v) is 13.7. The molecule has 23 heavy (non-hydrogen) atoms. The van der Waals surface area contributed by atoms with E-state index in [4.69, 9.17) is 5.73 Å². The molecule has 0 fully saturated rings. The molecule has 4 rings (SSSR count). The fraction of sp³-hybridized carbons (Fsp3) is 0.278. The van der Waals surface area contributed by atoms with Crippen LogP contribution in [0.5, 0.6) is 0 Å². The first-order chi connectivity index (χ1) is 11.2. The Morgan fingerprint density at radius 1 is 1.13 bits per heavy atom. The number of imidazole rings is 1. The number of anilines is 1. The highest BCUT2D eigenvalue weighted by Crippen LogP contribution is 2.30. The number of benzene rings is 2. The molecule has 3 N–H and O–H groups in total. The Morgan fingerprint density at radius 3 is 2.83 bits per heavy atom. The Morgan fingerprint density at radius 2 is 1.96 bits per heavy atom. The van der Waals surface area contributed by atoms with E-state index in [1.807, 2.05) is 30.3 Å². The third-order valence-electron chi connectivity index (χ3n) is 4.54. The van der Waals surface area contributed by atoms with Crippen LogP contribution >= 0.6 is 0 Å². The lowest BCUT2D eigenvalue weighted by molar-refractivity contribution is 0.587. The first-order valence-corrected chi connectivity index (χ1v) is 9.26. The number of H-pyrrole nitrogens is 1. The number of para-hydroxylation sites is 2. The van der Waals surface area contributed by atoms with Crippen LogP contribution in [0, 0.1) is 0 Å². The van der Waals surface area contributed by atoms with Gasteiger partial charge < -0.3 is 10.3 Å². The van der Waals surface area contributed by atoms with Gasteiger partial charge in [0.05, 0.1) is 11.0 Å². The van der Waals surface area contributed by atoms with Gasteiger partial charge in [0.1, 0.15) is 5.75 Å². The Kier molecular flexibility index (Phi) is 3.75. The molecule has 118 valence electrons. The van der Waals surface area contributed by atoms with Crippen LogP contribution in [-0.2, 0) is 29.8 Å². The summed E-state index contributed by atoms with van der Waals surface area (Å²) in [5.74, 6) is 0.402. The van der Waals surface area contributed by atoms with E-state index >= 15 is 0 Å². The van der Waals surface area contributed by atoms with Crippen molar-refractivity contribution >= 4 is 27.9 Å². The number of fused-ring (bicyclic) bond motifs is 2. The third-order valence-corrected chi connectivity index (χ3v) is 5.74. The topological polar surface area (TPSA) is 77.8 Å². The molecule has 1 aliphatic carbocycles. The number of aryl methyl sites for hydroxylation is 1. The van der Waals surface area contributed by atoms with Crippen LogP contribution in [0.15, 0.2) is 41.6 Å². The molecule has 0 radical (unpaired) electrons. The standard InChI is InChI=1S/C18H19N3OS/c19-17-13(10-9-12-5-1-2-6-14(12)17)11-23(22)18-20-15-7-3-4-8-16(15)21-18/h3-4,7-10H,1-2,5-6,11,19H2,(H,20,21). The molecule has 0 saturated heterocycles. The summed E-state index contributed by atoms with van der Waals surface area (Å²) < 4.78 is 12.7. The Labute approximate surface area is 138 Å². The quantitative estimate of drug-likeness (QED) is 0.573. The average molecular weight is 325 g/mol. The van der Waals surface area contributed by atoms with E-state index < -0.39 is 11.2 Å². The van der Waals surface area contributed by atoms with Crippen LogP contribution in [0.4, 0.5) is 5.69 Å². The number of hydrogen-bond acceptors (Lipinski definition) is 3. The maximum absolute atomic E-state index is 12.7. The molecule has 3 aromatic rings. The van der Waals surface area contributed by atoms with E-state index in [2.05, 4.69) is 16.0 Å². The molecule has 0 amide bonds. The van der Waals surface area contributed by atoms with Crippen molar-refractivity contribution in [2.24, 2.45) is 0 Å². The van der Waals surface area contributed by atoms with Gasteiger partial charge in [-0.3, -0.25) is 4.98 Å². The molecule has 1 aliphatic rings. The second kappa shape index (κ2) is 5.91. The molecule has 0 saturated carbocycles. The number of aromatic nitrogens is 2. The zero-order valence-electron chi connectivity index (χ0n) is 12.8. The predicted octanol–water partition coefficient (Wildman–Crippen LogP) is 3.33. The molecule has 0 aliphatic heterocycles.